The monoisotopic (exact) mass is 484 g/mol. The molecule has 1 N–H and O–H groups in total. The molecule has 0 unspecified atom stereocenters. The van der Waals surface area contributed by atoms with Crippen molar-refractivity contribution in [1.82, 2.24) is 0 Å². The van der Waals surface area contributed by atoms with Gasteiger partial charge in [0.25, 0.3) is 5.91 Å². The third-order valence-corrected chi connectivity index (χ3v) is 7.98. The van der Waals surface area contributed by atoms with Crippen molar-refractivity contribution in [2.45, 2.75) is 20.3 Å². The maximum atomic E-state index is 13.3. The molecule has 2 aromatic carbocycles. The van der Waals surface area contributed by atoms with Gasteiger partial charge >= 0.3 is 5.97 Å². The van der Waals surface area contributed by atoms with Crippen LogP contribution in [0.5, 0.6) is 0 Å². The van der Waals surface area contributed by atoms with Gasteiger partial charge in [-0.15, -0.1) is 0 Å². The molecule has 2 saturated carbocycles. The van der Waals surface area contributed by atoms with E-state index in [-0.39, 0.29) is 47.3 Å². The second-order valence-electron chi connectivity index (χ2n) is 10.7. The average Bonchev–Trinajstić information content (AvgIpc) is 3.66. The predicted octanol–water partition coefficient (Wildman–Crippen LogP) is 4.31. The molecule has 7 rings (SSSR count). The highest BCUT2D eigenvalue weighted by Gasteiger charge is 2.67. The number of benzene rings is 2. The van der Waals surface area contributed by atoms with Gasteiger partial charge in [0.2, 0.25) is 11.8 Å². The molecule has 7 heteroatoms. The third-order valence-electron chi connectivity index (χ3n) is 7.98. The fraction of sp³-hybridized carbons (Fsp3) is 0.379. The van der Waals surface area contributed by atoms with Gasteiger partial charge < -0.3 is 10.1 Å². The standard InChI is InChI=1S/C29H28N2O5/c1-15(2)14-36-29(35)17-3-7-18(8-4-17)30-26(32)16-5-9-19(10-6-16)31-27(33)24-20-11-12-21(23-13-22(20)23)25(24)28(31)34/h3-12,15,20-25H,13-14H2,1-2H3,(H,30,32)/t20-,21-,22-,23+,24-,25+/m0/s1. The van der Waals surface area contributed by atoms with Crippen LogP contribution >= 0.6 is 0 Å². The van der Waals surface area contributed by atoms with Gasteiger partial charge in [0, 0.05) is 11.3 Å². The number of amides is 3. The summed E-state index contributed by atoms with van der Waals surface area (Å²) in [6.07, 6.45) is 5.44. The number of anilines is 2. The maximum absolute atomic E-state index is 13.3. The van der Waals surface area contributed by atoms with Crippen molar-refractivity contribution < 1.29 is 23.9 Å². The first-order valence-electron chi connectivity index (χ1n) is 12.6. The van der Waals surface area contributed by atoms with E-state index in [1.165, 1.54) is 4.90 Å². The van der Waals surface area contributed by atoms with E-state index in [4.69, 9.17) is 4.74 Å². The number of imide groups is 1. The lowest BCUT2D eigenvalue weighted by Gasteiger charge is -2.37. The van der Waals surface area contributed by atoms with E-state index < -0.39 is 5.97 Å². The van der Waals surface area contributed by atoms with Gasteiger partial charge in [-0.25, -0.2) is 4.79 Å². The molecule has 2 aromatic rings. The normalized spacial score (nSPS) is 29.2. The number of nitrogens with one attached hydrogen (secondary N) is 1. The van der Waals surface area contributed by atoms with Crippen LogP contribution in [0, 0.1) is 41.4 Å². The Morgan fingerprint density at radius 1 is 0.889 bits per heavy atom. The van der Waals surface area contributed by atoms with E-state index in [0.29, 0.717) is 40.9 Å². The molecular formula is C29H28N2O5. The number of nitrogens with zero attached hydrogens (tertiary/aromatic N) is 1. The van der Waals surface area contributed by atoms with Crippen LogP contribution in [0.4, 0.5) is 11.4 Å². The molecule has 4 aliphatic carbocycles. The van der Waals surface area contributed by atoms with Crippen LogP contribution in [-0.2, 0) is 14.3 Å². The molecule has 3 amide bonds. The number of ether oxygens (including phenoxy) is 1. The van der Waals surface area contributed by atoms with Crippen molar-refractivity contribution in [3.63, 3.8) is 0 Å². The number of rotatable bonds is 6. The molecule has 7 nitrogen and oxygen atoms in total. The van der Waals surface area contributed by atoms with Gasteiger partial charge in [-0.2, -0.15) is 0 Å². The van der Waals surface area contributed by atoms with E-state index in [9.17, 15) is 19.2 Å². The van der Waals surface area contributed by atoms with Crippen LogP contribution in [0.1, 0.15) is 41.0 Å². The predicted molar refractivity (Wildman–Crippen MR) is 133 cm³/mol. The second-order valence-corrected chi connectivity index (χ2v) is 10.7. The Morgan fingerprint density at radius 2 is 1.44 bits per heavy atom. The number of carbonyl (C=O) groups excluding carboxylic acids is 4. The summed E-state index contributed by atoms with van der Waals surface area (Å²) < 4.78 is 5.22. The molecular weight excluding hydrogens is 456 g/mol. The van der Waals surface area contributed by atoms with Crippen LogP contribution in [0.25, 0.3) is 0 Å². The molecule has 184 valence electrons. The Morgan fingerprint density at radius 3 is 2.00 bits per heavy atom. The van der Waals surface area contributed by atoms with Crippen LogP contribution in [0.2, 0.25) is 0 Å². The fourth-order valence-electron chi connectivity index (χ4n) is 6.19. The molecule has 5 aliphatic rings. The molecule has 0 spiro atoms. The Hall–Kier alpha value is -3.74. The van der Waals surface area contributed by atoms with Crippen molar-refractivity contribution in [3.05, 3.63) is 71.8 Å². The fourth-order valence-corrected chi connectivity index (χ4v) is 6.19. The lowest BCUT2D eigenvalue weighted by Crippen LogP contribution is -2.40. The first-order valence-corrected chi connectivity index (χ1v) is 12.6. The van der Waals surface area contributed by atoms with E-state index in [2.05, 4.69) is 17.5 Å². The molecule has 36 heavy (non-hydrogen) atoms. The number of hydrogen-bond acceptors (Lipinski definition) is 5. The zero-order chi connectivity index (χ0) is 25.1. The summed E-state index contributed by atoms with van der Waals surface area (Å²) in [5.74, 6) is 0.290. The van der Waals surface area contributed by atoms with Crippen LogP contribution in [0.15, 0.2) is 60.7 Å². The van der Waals surface area contributed by atoms with E-state index >= 15 is 0 Å². The van der Waals surface area contributed by atoms with Crippen LogP contribution in [0.3, 0.4) is 0 Å². The molecule has 1 heterocycles. The van der Waals surface area contributed by atoms with Gasteiger partial charge in [0.15, 0.2) is 0 Å². The summed E-state index contributed by atoms with van der Waals surface area (Å²) in [5.41, 5.74) is 1.87. The lowest BCUT2D eigenvalue weighted by atomic mass is 9.63. The van der Waals surface area contributed by atoms with Crippen molar-refractivity contribution in [1.29, 1.82) is 0 Å². The minimum atomic E-state index is -0.399. The van der Waals surface area contributed by atoms with Gasteiger partial charge in [-0.1, -0.05) is 26.0 Å². The Bertz CT molecular complexity index is 1240. The van der Waals surface area contributed by atoms with Crippen LogP contribution < -0.4 is 10.2 Å². The average molecular weight is 485 g/mol. The zero-order valence-corrected chi connectivity index (χ0v) is 20.2. The molecule has 6 atom stereocenters. The highest BCUT2D eigenvalue weighted by molar-refractivity contribution is 6.22. The molecule has 0 radical (unpaired) electrons. The Kier molecular flexibility index (Phi) is 5.32. The summed E-state index contributed by atoms with van der Waals surface area (Å²) in [6.45, 7) is 4.28. The molecule has 3 fully saturated rings. The summed E-state index contributed by atoms with van der Waals surface area (Å²) >= 11 is 0. The van der Waals surface area contributed by atoms with E-state index in [0.717, 1.165) is 6.42 Å². The zero-order valence-electron chi connectivity index (χ0n) is 20.2. The second kappa shape index (κ2) is 8.43. The highest BCUT2D eigenvalue weighted by atomic mass is 16.5. The molecule has 1 saturated heterocycles. The SMILES string of the molecule is CC(C)COC(=O)c1ccc(NC(=O)c2ccc(N3C(=O)[C@@H]4[C@H]5C=C[C@@H]([C@@H]6C[C@H]56)[C@@H]4C3=O)cc2)cc1. The summed E-state index contributed by atoms with van der Waals surface area (Å²) in [7, 11) is 0. The van der Waals surface area contributed by atoms with Gasteiger partial charge in [-0.05, 0) is 84.5 Å². The minimum Gasteiger partial charge on any atom is -0.462 e. The van der Waals surface area contributed by atoms with Crippen LogP contribution in [-0.4, -0.2) is 30.3 Å². The Balaban J connectivity index is 1.12. The van der Waals surface area contributed by atoms with Gasteiger partial charge in [0.05, 0.1) is 29.7 Å². The van der Waals surface area contributed by atoms with Crippen molar-refractivity contribution >= 4 is 35.1 Å². The molecule has 1 aliphatic heterocycles. The van der Waals surface area contributed by atoms with E-state index in [1.54, 1.807) is 48.5 Å². The highest BCUT2D eigenvalue weighted by Crippen LogP contribution is 2.65. The third kappa shape index (κ3) is 3.65. The van der Waals surface area contributed by atoms with Gasteiger partial charge in [0.1, 0.15) is 0 Å². The number of esters is 1. The Labute approximate surface area is 209 Å². The number of hydrogen-bond donors (Lipinski definition) is 1. The summed E-state index contributed by atoms with van der Waals surface area (Å²) in [6, 6.07) is 13.1. The number of allylic oxidation sites excluding steroid dienone is 2. The molecule has 2 bridgehead atoms. The van der Waals surface area contributed by atoms with Gasteiger partial charge in [-0.3, -0.25) is 19.3 Å². The summed E-state index contributed by atoms with van der Waals surface area (Å²) in [4.78, 5) is 52.7. The first kappa shape index (κ1) is 22.7. The largest absolute Gasteiger partial charge is 0.462 e. The van der Waals surface area contributed by atoms with Crippen molar-refractivity contribution in [2.24, 2.45) is 41.4 Å². The quantitative estimate of drug-likeness (QED) is 0.375. The smallest absolute Gasteiger partial charge is 0.338 e. The minimum absolute atomic E-state index is 0.112. The van der Waals surface area contributed by atoms with E-state index in [1.807, 2.05) is 13.8 Å². The molecule has 0 aromatic heterocycles. The van der Waals surface area contributed by atoms with Crippen molar-refractivity contribution in [2.75, 3.05) is 16.8 Å². The summed E-state index contributed by atoms with van der Waals surface area (Å²) in [5, 5.41) is 2.80. The van der Waals surface area contributed by atoms with Crippen molar-refractivity contribution in [3.8, 4) is 0 Å². The first-order chi connectivity index (χ1) is 17.3. The number of carbonyl (C=O) groups is 4. The lowest BCUT2D eigenvalue weighted by molar-refractivity contribution is -0.124. The topological polar surface area (TPSA) is 92.8 Å². The maximum Gasteiger partial charge on any atom is 0.338 e.